The highest BCUT2D eigenvalue weighted by molar-refractivity contribution is 9.10. The number of nitrogens with one attached hydrogen (secondary N) is 1. The molecule has 0 spiro atoms. The number of carbonyl (C=O) groups excluding carboxylic acids is 1. The van der Waals surface area contributed by atoms with Gasteiger partial charge in [-0.15, -0.1) is 0 Å². The zero-order valence-electron chi connectivity index (χ0n) is 10.4. The zero-order valence-corrected chi connectivity index (χ0v) is 12.0. The van der Waals surface area contributed by atoms with Crippen LogP contribution >= 0.6 is 15.9 Å². The Hall–Kier alpha value is -2.08. The number of amides is 1. The predicted octanol–water partition coefficient (Wildman–Crippen LogP) is 3.19. The summed E-state index contributed by atoms with van der Waals surface area (Å²) in [7, 11) is 0. The summed E-state index contributed by atoms with van der Waals surface area (Å²) in [5.74, 6) is -0.508. The van der Waals surface area contributed by atoms with Gasteiger partial charge in [-0.3, -0.25) is 4.79 Å². The van der Waals surface area contributed by atoms with Gasteiger partial charge in [0.2, 0.25) is 0 Å². The maximum Gasteiger partial charge on any atom is 0.262 e. The summed E-state index contributed by atoms with van der Waals surface area (Å²) in [6.45, 7) is -0.212. The molecule has 2 rings (SSSR count). The minimum atomic E-state index is -0.446. The number of benzene rings is 2. The van der Waals surface area contributed by atoms with Gasteiger partial charge in [0.1, 0.15) is 11.6 Å². The average molecular weight is 339 g/mol. The van der Waals surface area contributed by atoms with E-state index in [0.717, 1.165) is 0 Å². The van der Waals surface area contributed by atoms with Gasteiger partial charge in [0, 0.05) is 17.4 Å². The van der Waals surface area contributed by atoms with Gasteiger partial charge in [0.25, 0.3) is 5.91 Å². The lowest BCUT2D eigenvalue weighted by Gasteiger charge is -2.08. The maximum atomic E-state index is 13.3. The first kappa shape index (κ1) is 14.3. The van der Waals surface area contributed by atoms with Crippen LogP contribution in [-0.4, -0.2) is 12.5 Å². The van der Waals surface area contributed by atoms with Gasteiger partial charge in [-0.05, 0) is 46.3 Å². The van der Waals surface area contributed by atoms with Gasteiger partial charge in [-0.1, -0.05) is 6.07 Å². The predicted molar refractivity (Wildman–Crippen MR) is 79.1 cm³/mol. The van der Waals surface area contributed by atoms with Crippen molar-refractivity contribution >= 4 is 33.2 Å². The molecule has 0 bridgehead atoms. The number of nitrogen functional groups attached to an aromatic ring is 1. The smallest absolute Gasteiger partial charge is 0.262 e. The first-order chi connectivity index (χ1) is 9.54. The van der Waals surface area contributed by atoms with E-state index in [1.54, 1.807) is 30.3 Å². The standard InChI is InChI=1S/C14H12BrFN2O2/c15-12-5-4-11(7-13(12)16)20-8-14(19)18-10-3-1-2-9(17)6-10/h1-7H,8,17H2,(H,18,19). The Morgan fingerprint density at radius 2 is 2.10 bits per heavy atom. The summed E-state index contributed by atoms with van der Waals surface area (Å²) >= 11 is 3.04. The van der Waals surface area contributed by atoms with Crippen LogP contribution in [0, 0.1) is 5.82 Å². The summed E-state index contributed by atoms with van der Waals surface area (Å²) in [6.07, 6.45) is 0. The van der Waals surface area contributed by atoms with Crippen LogP contribution in [0.2, 0.25) is 0 Å². The summed E-state index contributed by atoms with van der Waals surface area (Å²) in [5, 5.41) is 2.63. The average Bonchev–Trinajstić information content (AvgIpc) is 2.40. The highest BCUT2D eigenvalue weighted by atomic mass is 79.9. The Morgan fingerprint density at radius 1 is 1.30 bits per heavy atom. The first-order valence-electron chi connectivity index (χ1n) is 5.78. The Balaban J connectivity index is 1.90. The fraction of sp³-hybridized carbons (Fsp3) is 0.0714. The summed E-state index contributed by atoms with van der Waals surface area (Å²) < 4.78 is 18.8. The van der Waals surface area contributed by atoms with Crippen LogP contribution in [0.5, 0.6) is 5.75 Å². The van der Waals surface area contributed by atoms with Crippen LogP contribution in [0.25, 0.3) is 0 Å². The van der Waals surface area contributed by atoms with E-state index >= 15 is 0 Å². The van der Waals surface area contributed by atoms with Crippen molar-refractivity contribution in [2.75, 3.05) is 17.7 Å². The molecule has 0 atom stereocenters. The van der Waals surface area contributed by atoms with Crippen molar-refractivity contribution in [3.8, 4) is 5.75 Å². The van der Waals surface area contributed by atoms with Crippen molar-refractivity contribution in [2.24, 2.45) is 0 Å². The van der Waals surface area contributed by atoms with E-state index in [0.29, 0.717) is 15.8 Å². The third-order valence-electron chi connectivity index (χ3n) is 2.43. The van der Waals surface area contributed by atoms with Crippen LogP contribution in [0.1, 0.15) is 0 Å². The molecule has 0 aliphatic carbocycles. The van der Waals surface area contributed by atoms with Crippen LogP contribution in [-0.2, 0) is 4.79 Å². The third kappa shape index (κ3) is 3.96. The Bertz CT molecular complexity index is 634. The zero-order chi connectivity index (χ0) is 14.5. The minimum Gasteiger partial charge on any atom is -0.484 e. The molecule has 6 heteroatoms. The third-order valence-corrected chi connectivity index (χ3v) is 3.07. The van der Waals surface area contributed by atoms with Crippen molar-refractivity contribution in [3.63, 3.8) is 0 Å². The molecule has 0 aliphatic heterocycles. The molecule has 20 heavy (non-hydrogen) atoms. The Morgan fingerprint density at radius 3 is 2.80 bits per heavy atom. The fourth-order valence-electron chi connectivity index (χ4n) is 1.53. The number of carbonyl (C=O) groups is 1. The molecule has 0 saturated heterocycles. The van der Waals surface area contributed by atoms with Gasteiger partial charge in [0.05, 0.1) is 4.47 Å². The van der Waals surface area contributed by atoms with E-state index in [2.05, 4.69) is 21.2 Å². The Kier molecular flexibility index (Phi) is 4.57. The highest BCUT2D eigenvalue weighted by Crippen LogP contribution is 2.20. The van der Waals surface area contributed by atoms with Crippen LogP contribution in [0.4, 0.5) is 15.8 Å². The van der Waals surface area contributed by atoms with E-state index in [-0.39, 0.29) is 18.3 Å². The molecule has 0 radical (unpaired) electrons. The number of halogens is 2. The lowest BCUT2D eigenvalue weighted by molar-refractivity contribution is -0.118. The van der Waals surface area contributed by atoms with Crippen molar-refractivity contribution < 1.29 is 13.9 Å². The molecule has 0 aromatic heterocycles. The highest BCUT2D eigenvalue weighted by Gasteiger charge is 2.06. The number of hydrogen-bond acceptors (Lipinski definition) is 3. The lowest BCUT2D eigenvalue weighted by atomic mass is 10.3. The second-order valence-electron chi connectivity index (χ2n) is 4.04. The van der Waals surface area contributed by atoms with E-state index in [1.165, 1.54) is 12.1 Å². The van der Waals surface area contributed by atoms with E-state index in [4.69, 9.17) is 10.5 Å². The van der Waals surface area contributed by atoms with Crippen molar-refractivity contribution in [1.29, 1.82) is 0 Å². The topological polar surface area (TPSA) is 64.3 Å². The second-order valence-corrected chi connectivity index (χ2v) is 4.89. The molecule has 0 saturated carbocycles. The van der Waals surface area contributed by atoms with Gasteiger partial charge >= 0.3 is 0 Å². The van der Waals surface area contributed by atoms with Crippen LogP contribution < -0.4 is 15.8 Å². The second kappa shape index (κ2) is 6.38. The molecular formula is C14H12BrFN2O2. The SMILES string of the molecule is Nc1cccc(NC(=O)COc2ccc(Br)c(F)c2)c1. The Labute approximate surface area is 123 Å². The molecule has 0 heterocycles. The van der Waals surface area contributed by atoms with Crippen molar-refractivity contribution in [3.05, 3.63) is 52.8 Å². The molecule has 2 aromatic carbocycles. The number of anilines is 2. The van der Waals surface area contributed by atoms with E-state index in [1.807, 2.05) is 0 Å². The van der Waals surface area contributed by atoms with Gasteiger partial charge in [-0.25, -0.2) is 4.39 Å². The normalized spacial score (nSPS) is 10.1. The monoisotopic (exact) mass is 338 g/mol. The molecule has 0 aliphatic rings. The number of nitrogens with two attached hydrogens (primary N) is 1. The lowest BCUT2D eigenvalue weighted by Crippen LogP contribution is -2.20. The number of ether oxygens (including phenoxy) is 1. The molecule has 1 amide bonds. The summed E-state index contributed by atoms with van der Waals surface area (Å²) in [6, 6.07) is 11.1. The van der Waals surface area contributed by atoms with E-state index < -0.39 is 5.82 Å². The van der Waals surface area contributed by atoms with Crippen LogP contribution in [0.15, 0.2) is 46.9 Å². The quantitative estimate of drug-likeness (QED) is 0.841. The molecule has 2 aromatic rings. The molecule has 0 fully saturated rings. The number of rotatable bonds is 4. The van der Waals surface area contributed by atoms with Gasteiger partial charge < -0.3 is 15.8 Å². The molecule has 0 unspecified atom stereocenters. The van der Waals surface area contributed by atoms with Gasteiger partial charge in [-0.2, -0.15) is 0 Å². The first-order valence-corrected chi connectivity index (χ1v) is 6.57. The largest absolute Gasteiger partial charge is 0.484 e. The van der Waals surface area contributed by atoms with Gasteiger partial charge in [0.15, 0.2) is 6.61 Å². The van der Waals surface area contributed by atoms with Crippen molar-refractivity contribution in [1.82, 2.24) is 0 Å². The summed E-state index contributed by atoms with van der Waals surface area (Å²) in [4.78, 5) is 11.7. The maximum absolute atomic E-state index is 13.3. The molecule has 104 valence electrons. The van der Waals surface area contributed by atoms with Crippen LogP contribution in [0.3, 0.4) is 0 Å². The minimum absolute atomic E-state index is 0.212. The van der Waals surface area contributed by atoms with Crippen molar-refractivity contribution in [2.45, 2.75) is 0 Å². The summed E-state index contributed by atoms with van der Waals surface area (Å²) in [5.41, 5.74) is 6.74. The van der Waals surface area contributed by atoms with E-state index in [9.17, 15) is 9.18 Å². The molecule has 3 N–H and O–H groups in total. The molecule has 4 nitrogen and oxygen atoms in total. The fourth-order valence-corrected chi connectivity index (χ4v) is 1.78. The number of hydrogen-bond donors (Lipinski definition) is 2. The molecular weight excluding hydrogens is 327 g/mol.